The number of piperazine rings is 1. The van der Waals surface area contributed by atoms with Gasteiger partial charge in [0.15, 0.2) is 0 Å². The first-order chi connectivity index (χ1) is 13.0. The van der Waals surface area contributed by atoms with Gasteiger partial charge in [0.2, 0.25) is 0 Å². The molecule has 0 aliphatic carbocycles. The van der Waals surface area contributed by atoms with Crippen LogP contribution >= 0.6 is 0 Å². The number of likely N-dealkylation sites (tertiary alicyclic amines) is 2. The molecule has 3 heterocycles. The standard InChI is InChI=1S/2C8H17N.C7H16N2.CH4/c1-3-8-4-6-9(2)7-5-8;1-3-8-5-4-6-9(2)7-8;1-3-9-6-4-8(2)5-7-9;/h2*8H,3-7H2,1-2H3;3-7H2,1-2H3;1H4. The van der Waals surface area contributed by atoms with Crippen molar-refractivity contribution in [2.75, 3.05) is 80.0 Å². The zero-order valence-corrected chi connectivity index (χ0v) is 19.6. The SMILES string of the molecule is C.CCC1CCCN(C)C1.CCC1CCN(C)CC1.CCN1CCN(C)CC1. The quantitative estimate of drug-likeness (QED) is 0.700. The molecule has 0 aromatic carbocycles. The summed E-state index contributed by atoms with van der Waals surface area (Å²) < 4.78 is 0. The van der Waals surface area contributed by atoms with Crippen molar-refractivity contribution >= 4 is 0 Å². The van der Waals surface area contributed by atoms with Crippen molar-refractivity contribution in [3.05, 3.63) is 0 Å². The van der Waals surface area contributed by atoms with Gasteiger partial charge in [0, 0.05) is 32.7 Å². The van der Waals surface area contributed by atoms with E-state index < -0.39 is 0 Å². The lowest BCUT2D eigenvalue weighted by Gasteiger charge is -2.31. The zero-order chi connectivity index (χ0) is 20.1. The molecule has 3 aliphatic rings. The third kappa shape index (κ3) is 12.4. The van der Waals surface area contributed by atoms with E-state index in [2.05, 4.69) is 61.5 Å². The van der Waals surface area contributed by atoms with Crippen LogP contribution in [0.4, 0.5) is 0 Å². The van der Waals surface area contributed by atoms with Crippen molar-refractivity contribution in [3.63, 3.8) is 0 Å². The van der Waals surface area contributed by atoms with Gasteiger partial charge in [-0.05, 0) is 84.8 Å². The summed E-state index contributed by atoms with van der Waals surface area (Å²) in [5, 5.41) is 0. The molecule has 0 bridgehead atoms. The lowest BCUT2D eigenvalue weighted by molar-refractivity contribution is 0.160. The van der Waals surface area contributed by atoms with Crippen LogP contribution in [-0.4, -0.2) is 99.6 Å². The molecule has 0 N–H and O–H groups in total. The molecular weight excluding hydrogens is 344 g/mol. The fourth-order valence-electron chi connectivity index (χ4n) is 4.24. The molecule has 0 aromatic rings. The van der Waals surface area contributed by atoms with Crippen LogP contribution in [0.5, 0.6) is 0 Å². The molecule has 0 radical (unpaired) electrons. The Morgan fingerprint density at radius 3 is 1.57 bits per heavy atom. The first kappa shape index (κ1) is 27.8. The summed E-state index contributed by atoms with van der Waals surface area (Å²) in [4.78, 5) is 9.73. The van der Waals surface area contributed by atoms with E-state index in [4.69, 9.17) is 0 Å². The zero-order valence-electron chi connectivity index (χ0n) is 19.6. The first-order valence-corrected chi connectivity index (χ1v) is 11.8. The van der Waals surface area contributed by atoms with Gasteiger partial charge in [0.25, 0.3) is 0 Å². The summed E-state index contributed by atoms with van der Waals surface area (Å²) in [6, 6.07) is 0. The second-order valence-corrected chi connectivity index (χ2v) is 9.07. The van der Waals surface area contributed by atoms with Crippen molar-refractivity contribution in [2.45, 2.75) is 66.7 Å². The molecule has 4 nitrogen and oxygen atoms in total. The predicted molar refractivity (Wildman–Crippen MR) is 127 cm³/mol. The third-order valence-corrected chi connectivity index (χ3v) is 6.76. The maximum absolute atomic E-state index is 2.49. The molecule has 0 saturated carbocycles. The average Bonchev–Trinajstić information content (AvgIpc) is 2.70. The van der Waals surface area contributed by atoms with Gasteiger partial charge < -0.3 is 19.6 Å². The van der Waals surface area contributed by atoms with Crippen LogP contribution in [0.1, 0.15) is 66.7 Å². The summed E-state index contributed by atoms with van der Waals surface area (Å²) in [6.07, 6.45) is 8.47. The van der Waals surface area contributed by atoms with Crippen molar-refractivity contribution in [1.29, 1.82) is 0 Å². The highest BCUT2D eigenvalue weighted by Gasteiger charge is 2.14. The smallest absolute Gasteiger partial charge is 0.0110 e. The van der Waals surface area contributed by atoms with Gasteiger partial charge in [-0.3, -0.25) is 0 Å². The van der Waals surface area contributed by atoms with Crippen molar-refractivity contribution in [1.82, 2.24) is 19.6 Å². The van der Waals surface area contributed by atoms with Gasteiger partial charge in [0.1, 0.15) is 0 Å². The van der Waals surface area contributed by atoms with E-state index >= 15 is 0 Å². The molecule has 170 valence electrons. The molecular formula is C24H54N4. The number of piperidine rings is 2. The second-order valence-electron chi connectivity index (χ2n) is 9.07. The Hall–Kier alpha value is -0.160. The monoisotopic (exact) mass is 398 g/mol. The molecule has 3 saturated heterocycles. The van der Waals surface area contributed by atoms with E-state index in [0.717, 1.165) is 11.8 Å². The van der Waals surface area contributed by atoms with Crippen LogP contribution in [0.25, 0.3) is 0 Å². The molecule has 3 rings (SSSR count). The predicted octanol–water partition coefficient (Wildman–Crippen LogP) is 4.37. The van der Waals surface area contributed by atoms with Gasteiger partial charge in [-0.1, -0.05) is 41.0 Å². The normalized spacial score (nSPS) is 25.7. The van der Waals surface area contributed by atoms with Gasteiger partial charge in [-0.15, -0.1) is 0 Å². The molecule has 3 aliphatic heterocycles. The van der Waals surface area contributed by atoms with Crippen LogP contribution in [0, 0.1) is 11.8 Å². The largest absolute Gasteiger partial charge is 0.306 e. The number of nitrogens with zero attached hydrogens (tertiary/aromatic N) is 4. The summed E-state index contributed by atoms with van der Waals surface area (Å²) in [7, 11) is 6.63. The Kier molecular flexibility index (Phi) is 16.5. The van der Waals surface area contributed by atoms with Gasteiger partial charge in [-0.25, -0.2) is 0 Å². The maximum atomic E-state index is 2.49. The molecule has 0 spiro atoms. The van der Waals surface area contributed by atoms with E-state index in [-0.39, 0.29) is 7.43 Å². The number of hydrogen-bond donors (Lipinski definition) is 0. The van der Waals surface area contributed by atoms with Crippen molar-refractivity contribution in [3.8, 4) is 0 Å². The maximum Gasteiger partial charge on any atom is 0.0110 e. The Morgan fingerprint density at radius 1 is 0.607 bits per heavy atom. The van der Waals surface area contributed by atoms with E-state index in [0.29, 0.717) is 0 Å². The van der Waals surface area contributed by atoms with Crippen LogP contribution < -0.4 is 0 Å². The minimum Gasteiger partial charge on any atom is -0.306 e. The number of likely N-dealkylation sites (N-methyl/N-ethyl adjacent to an activating group) is 2. The van der Waals surface area contributed by atoms with Crippen LogP contribution in [0.3, 0.4) is 0 Å². The molecule has 4 heteroatoms. The van der Waals surface area contributed by atoms with E-state index in [1.165, 1.54) is 97.4 Å². The lowest BCUT2D eigenvalue weighted by atomic mass is 9.95. The average molecular weight is 399 g/mol. The number of hydrogen-bond acceptors (Lipinski definition) is 4. The molecule has 1 atom stereocenters. The van der Waals surface area contributed by atoms with Crippen LogP contribution in [-0.2, 0) is 0 Å². The Bertz CT molecular complexity index is 311. The molecule has 0 amide bonds. The summed E-state index contributed by atoms with van der Waals surface area (Å²) >= 11 is 0. The summed E-state index contributed by atoms with van der Waals surface area (Å²) in [5.74, 6) is 2.02. The van der Waals surface area contributed by atoms with Gasteiger partial charge >= 0.3 is 0 Å². The Balaban J connectivity index is 0.000000384. The minimum atomic E-state index is 0. The third-order valence-electron chi connectivity index (χ3n) is 6.76. The Labute approximate surface area is 178 Å². The van der Waals surface area contributed by atoms with Gasteiger partial charge in [0.05, 0.1) is 0 Å². The van der Waals surface area contributed by atoms with Crippen molar-refractivity contribution in [2.24, 2.45) is 11.8 Å². The van der Waals surface area contributed by atoms with Crippen LogP contribution in [0.2, 0.25) is 0 Å². The summed E-state index contributed by atoms with van der Waals surface area (Å²) in [6.45, 7) is 18.3. The molecule has 3 fully saturated rings. The second kappa shape index (κ2) is 16.6. The first-order valence-electron chi connectivity index (χ1n) is 11.8. The lowest BCUT2D eigenvalue weighted by Crippen LogP contribution is -2.44. The highest BCUT2D eigenvalue weighted by molar-refractivity contribution is 4.69. The van der Waals surface area contributed by atoms with E-state index in [1.54, 1.807) is 0 Å². The van der Waals surface area contributed by atoms with Crippen LogP contribution in [0.15, 0.2) is 0 Å². The topological polar surface area (TPSA) is 13.0 Å². The fourth-order valence-corrected chi connectivity index (χ4v) is 4.24. The van der Waals surface area contributed by atoms with Gasteiger partial charge in [-0.2, -0.15) is 0 Å². The Morgan fingerprint density at radius 2 is 1.14 bits per heavy atom. The highest BCUT2D eigenvalue weighted by Crippen LogP contribution is 2.18. The van der Waals surface area contributed by atoms with Crippen molar-refractivity contribution < 1.29 is 0 Å². The molecule has 1 unspecified atom stereocenters. The minimum absolute atomic E-state index is 0. The molecule has 28 heavy (non-hydrogen) atoms. The number of rotatable bonds is 3. The van der Waals surface area contributed by atoms with E-state index in [9.17, 15) is 0 Å². The fraction of sp³-hybridized carbons (Fsp3) is 1.00. The molecule has 0 aromatic heterocycles. The highest BCUT2D eigenvalue weighted by atomic mass is 15.2. The van der Waals surface area contributed by atoms with E-state index in [1.807, 2.05) is 0 Å². The summed E-state index contributed by atoms with van der Waals surface area (Å²) in [5.41, 5.74) is 0.